The van der Waals surface area contributed by atoms with Crippen molar-refractivity contribution in [3.63, 3.8) is 0 Å². The van der Waals surface area contributed by atoms with Gasteiger partial charge in [0.05, 0.1) is 16.1 Å². The lowest BCUT2D eigenvalue weighted by atomic mass is 10.1. The standard InChI is InChI=1S/C15H6ClF2NO4/c16-10-6-5-9(11(17)12(10)18)15(22)23-19-13(20)7-3-1-2-4-8(7)14(19)21/h1-6H. The summed E-state index contributed by atoms with van der Waals surface area (Å²) in [7, 11) is 0. The van der Waals surface area contributed by atoms with Crippen LogP contribution in [-0.4, -0.2) is 22.8 Å². The molecule has 23 heavy (non-hydrogen) atoms. The highest BCUT2D eigenvalue weighted by atomic mass is 35.5. The molecule has 1 heterocycles. The minimum absolute atomic E-state index is 0.0491. The molecule has 0 fully saturated rings. The van der Waals surface area contributed by atoms with Gasteiger partial charge < -0.3 is 4.84 Å². The van der Waals surface area contributed by atoms with Crippen molar-refractivity contribution in [2.75, 3.05) is 0 Å². The largest absolute Gasteiger partial charge is 0.367 e. The summed E-state index contributed by atoms with van der Waals surface area (Å²) in [6.45, 7) is 0. The van der Waals surface area contributed by atoms with Crippen LogP contribution in [0.1, 0.15) is 31.1 Å². The molecule has 3 rings (SSSR count). The molecule has 0 radical (unpaired) electrons. The molecule has 5 nitrogen and oxygen atoms in total. The van der Waals surface area contributed by atoms with Crippen LogP contribution < -0.4 is 0 Å². The Kier molecular flexibility index (Phi) is 3.57. The Bertz CT molecular complexity index is 834. The van der Waals surface area contributed by atoms with Gasteiger partial charge in [0, 0.05) is 0 Å². The monoisotopic (exact) mass is 337 g/mol. The summed E-state index contributed by atoms with van der Waals surface area (Å²) in [6, 6.07) is 7.67. The molecular formula is C15H6ClF2NO4. The summed E-state index contributed by atoms with van der Waals surface area (Å²) >= 11 is 5.38. The number of carbonyl (C=O) groups is 3. The maximum atomic E-state index is 13.7. The minimum Gasteiger partial charge on any atom is -0.324 e. The lowest BCUT2D eigenvalue weighted by molar-refractivity contribution is -0.0587. The van der Waals surface area contributed by atoms with E-state index in [1.54, 1.807) is 0 Å². The van der Waals surface area contributed by atoms with E-state index in [1.807, 2.05) is 0 Å². The first-order valence-corrected chi connectivity index (χ1v) is 6.63. The Balaban J connectivity index is 1.89. The summed E-state index contributed by atoms with van der Waals surface area (Å²) in [5.41, 5.74) is -0.690. The molecule has 2 aromatic carbocycles. The average molecular weight is 338 g/mol. The van der Waals surface area contributed by atoms with E-state index in [0.717, 1.165) is 12.1 Å². The van der Waals surface area contributed by atoms with E-state index in [-0.39, 0.29) is 16.2 Å². The molecule has 2 amide bonds. The molecular weight excluding hydrogens is 332 g/mol. The highest BCUT2D eigenvalue weighted by Crippen LogP contribution is 2.25. The van der Waals surface area contributed by atoms with Gasteiger partial charge in [0.2, 0.25) is 0 Å². The van der Waals surface area contributed by atoms with Crippen molar-refractivity contribution in [1.82, 2.24) is 5.06 Å². The number of hydrogen-bond donors (Lipinski definition) is 0. The fourth-order valence-electron chi connectivity index (χ4n) is 2.07. The summed E-state index contributed by atoms with van der Waals surface area (Å²) in [5.74, 6) is -6.09. The van der Waals surface area contributed by atoms with Gasteiger partial charge >= 0.3 is 5.97 Å². The first-order chi connectivity index (χ1) is 10.9. The molecule has 0 spiro atoms. The van der Waals surface area contributed by atoms with Gasteiger partial charge in [-0.25, -0.2) is 13.6 Å². The molecule has 1 aliphatic heterocycles. The van der Waals surface area contributed by atoms with Crippen molar-refractivity contribution >= 4 is 29.4 Å². The third-order valence-corrected chi connectivity index (χ3v) is 3.48. The smallest absolute Gasteiger partial charge is 0.324 e. The van der Waals surface area contributed by atoms with E-state index >= 15 is 0 Å². The van der Waals surface area contributed by atoms with E-state index in [9.17, 15) is 23.2 Å². The highest BCUT2D eigenvalue weighted by Gasteiger charge is 2.39. The minimum atomic E-state index is -1.53. The highest BCUT2D eigenvalue weighted by molar-refractivity contribution is 6.30. The lowest BCUT2D eigenvalue weighted by Gasteiger charge is -2.13. The van der Waals surface area contributed by atoms with Gasteiger partial charge in [0.1, 0.15) is 5.56 Å². The Labute approximate surface area is 133 Å². The summed E-state index contributed by atoms with van der Waals surface area (Å²) in [4.78, 5) is 40.6. The Morgan fingerprint density at radius 1 is 0.957 bits per heavy atom. The van der Waals surface area contributed by atoms with E-state index in [4.69, 9.17) is 11.6 Å². The van der Waals surface area contributed by atoms with Crippen molar-refractivity contribution in [3.8, 4) is 0 Å². The van der Waals surface area contributed by atoms with Crippen LogP contribution in [0.5, 0.6) is 0 Å². The lowest BCUT2D eigenvalue weighted by Crippen LogP contribution is -2.33. The van der Waals surface area contributed by atoms with E-state index in [1.165, 1.54) is 24.3 Å². The summed E-state index contributed by atoms with van der Waals surface area (Å²) in [6.07, 6.45) is 0. The van der Waals surface area contributed by atoms with Crippen molar-refractivity contribution in [2.24, 2.45) is 0 Å². The third-order valence-electron chi connectivity index (χ3n) is 3.19. The summed E-state index contributed by atoms with van der Waals surface area (Å²) in [5, 5.41) is -0.307. The Morgan fingerprint density at radius 3 is 2.09 bits per heavy atom. The number of rotatable bonds is 2. The number of nitrogens with zero attached hydrogens (tertiary/aromatic N) is 1. The maximum absolute atomic E-state index is 13.7. The van der Waals surface area contributed by atoms with E-state index < -0.39 is 40.0 Å². The van der Waals surface area contributed by atoms with Gasteiger partial charge in [-0.3, -0.25) is 9.59 Å². The maximum Gasteiger partial charge on any atom is 0.367 e. The van der Waals surface area contributed by atoms with Crippen molar-refractivity contribution in [1.29, 1.82) is 0 Å². The van der Waals surface area contributed by atoms with Gasteiger partial charge in [-0.1, -0.05) is 28.8 Å². The molecule has 0 atom stereocenters. The number of hydrogen-bond acceptors (Lipinski definition) is 4. The van der Waals surface area contributed by atoms with Gasteiger partial charge in [0.25, 0.3) is 11.8 Å². The predicted octanol–water partition coefficient (Wildman–Crippen LogP) is 2.99. The molecule has 0 N–H and O–H groups in total. The van der Waals surface area contributed by atoms with Crippen LogP contribution in [-0.2, 0) is 4.84 Å². The first kappa shape index (κ1) is 15.1. The zero-order valence-corrected chi connectivity index (χ0v) is 11.9. The second-order valence-corrected chi connectivity index (χ2v) is 4.96. The van der Waals surface area contributed by atoms with Gasteiger partial charge in [-0.05, 0) is 24.3 Å². The number of imide groups is 1. The van der Waals surface area contributed by atoms with Crippen LogP contribution in [0.25, 0.3) is 0 Å². The normalized spacial score (nSPS) is 13.3. The van der Waals surface area contributed by atoms with Crippen LogP contribution in [0.2, 0.25) is 5.02 Å². The van der Waals surface area contributed by atoms with Gasteiger partial charge in [-0.15, -0.1) is 0 Å². The molecule has 1 aliphatic rings. The average Bonchev–Trinajstić information content (AvgIpc) is 2.78. The van der Waals surface area contributed by atoms with Crippen molar-refractivity contribution in [2.45, 2.75) is 0 Å². The van der Waals surface area contributed by atoms with Crippen molar-refractivity contribution in [3.05, 3.63) is 69.7 Å². The fourth-order valence-corrected chi connectivity index (χ4v) is 2.21. The molecule has 0 saturated carbocycles. The summed E-state index contributed by atoms with van der Waals surface area (Å²) < 4.78 is 27.1. The Hall–Kier alpha value is -2.80. The quantitative estimate of drug-likeness (QED) is 0.624. The number of benzene rings is 2. The first-order valence-electron chi connectivity index (χ1n) is 6.25. The molecule has 0 aliphatic carbocycles. The number of hydroxylamine groups is 2. The van der Waals surface area contributed by atoms with Gasteiger partial charge in [-0.2, -0.15) is 0 Å². The zero-order chi connectivity index (χ0) is 16.7. The van der Waals surface area contributed by atoms with Crippen molar-refractivity contribution < 1.29 is 28.0 Å². The topological polar surface area (TPSA) is 63.7 Å². The van der Waals surface area contributed by atoms with Crippen LogP contribution >= 0.6 is 11.6 Å². The molecule has 8 heteroatoms. The molecule has 0 unspecified atom stereocenters. The molecule has 0 aromatic heterocycles. The van der Waals surface area contributed by atoms with Crippen LogP contribution in [0.4, 0.5) is 8.78 Å². The van der Waals surface area contributed by atoms with Crippen LogP contribution in [0.15, 0.2) is 36.4 Å². The molecule has 116 valence electrons. The number of carbonyl (C=O) groups excluding carboxylic acids is 3. The van der Waals surface area contributed by atoms with E-state index in [2.05, 4.69) is 4.84 Å². The van der Waals surface area contributed by atoms with Crippen LogP contribution in [0.3, 0.4) is 0 Å². The molecule has 0 saturated heterocycles. The zero-order valence-electron chi connectivity index (χ0n) is 11.2. The number of amides is 2. The van der Waals surface area contributed by atoms with Crippen LogP contribution in [0, 0.1) is 11.6 Å². The SMILES string of the molecule is O=C(ON1C(=O)c2ccccc2C1=O)c1ccc(Cl)c(F)c1F. The van der Waals surface area contributed by atoms with Gasteiger partial charge in [0.15, 0.2) is 11.6 Å². The van der Waals surface area contributed by atoms with E-state index in [0.29, 0.717) is 0 Å². The fraction of sp³-hybridized carbons (Fsp3) is 0. The number of fused-ring (bicyclic) bond motifs is 1. The number of halogens is 3. The Morgan fingerprint density at radius 2 is 1.52 bits per heavy atom. The second-order valence-electron chi connectivity index (χ2n) is 4.55. The third kappa shape index (κ3) is 2.35. The second kappa shape index (κ2) is 5.44. The molecule has 0 bridgehead atoms. The predicted molar refractivity (Wildman–Crippen MR) is 73.7 cm³/mol. The molecule has 2 aromatic rings.